The fourth-order valence-corrected chi connectivity index (χ4v) is 2.88. The number of aliphatic hydroxyl groups excluding tert-OH is 1. The molecule has 6 nitrogen and oxygen atoms in total. The molecule has 1 N–H and O–H groups in total. The van der Waals surface area contributed by atoms with Crippen LogP contribution in [0.4, 0.5) is 0 Å². The molecule has 0 aliphatic carbocycles. The molecule has 1 fully saturated rings. The third-order valence-corrected chi connectivity index (χ3v) is 4.01. The predicted molar refractivity (Wildman–Crippen MR) is 77.8 cm³/mol. The van der Waals surface area contributed by atoms with Crippen LogP contribution in [0.1, 0.15) is 23.9 Å². The number of ether oxygens (including phenoxy) is 1. The van der Waals surface area contributed by atoms with Gasteiger partial charge in [0.15, 0.2) is 0 Å². The van der Waals surface area contributed by atoms with Gasteiger partial charge in [0, 0.05) is 19.6 Å². The summed E-state index contributed by atoms with van der Waals surface area (Å²) in [5.41, 5.74) is 1.16. The molecule has 2 heterocycles. The topological polar surface area (TPSA) is 63.4 Å². The van der Waals surface area contributed by atoms with E-state index in [-0.39, 0.29) is 12.1 Å². The van der Waals surface area contributed by atoms with Crippen molar-refractivity contribution in [1.82, 2.24) is 19.7 Å². The molecule has 1 aliphatic rings. The third-order valence-electron chi connectivity index (χ3n) is 4.01. The van der Waals surface area contributed by atoms with E-state index in [2.05, 4.69) is 21.2 Å². The molecule has 2 atom stereocenters. The fourth-order valence-electron chi connectivity index (χ4n) is 2.88. The largest absolute Gasteiger partial charge is 0.497 e. The maximum absolute atomic E-state index is 10.0. The van der Waals surface area contributed by atoms with E-state index in [4.69, 9.17) is 4.74 Å². The van der Waals surface area contributed by atoms with E-state index in [1.807, 2.05) is 29.8 Å². The number of nitrogens with zero attached hydrogens (tertiary/aromatic N) is 4. The monoisotopic (exact) mass is 288 g/mol. The lowest BCUT2D eigenvalue weighted by Gasteiger charge is -2.24. The minimum atomic E-state index is -0.311. The number of aromatic nitrogens is 3. The summed E-state index contributed by atoms with van der Waals surface area (Å²) >= 11 is 0. The second-order valence-electron chi connectivity index (χ2n) is 5.47. The Morgan fingerprint density at radius 3 is 3.00 bits per heavy atom. The van der Waals surface area contributed by atoms with Crippen molar-refractivity contribution < 1.29 is 9.84 Å². The van der Waals surface area contributed by atoms with Crippen LogP contribution >= 0.6 is 0 Å². The zero-order chi connectivity index (χ0) is 14.8. The number of hydrogen-bond donors (Lipinski definition) is 1. The number of aliphatic hydroxyl groups is 1. The maximum Gasteiger partial charge on any atom is 0.146 e. The molecule has 0 bridgehead atoms. The van der Waals surface area contributed by atoms with Crippen LogP contribution in [0.5, 0.6) is 5.75 Å². The first-order valence-corrected chi connectivity index (χ1v) is 7.06. The zero-order valence-corrected chi connectivity index (χ0v) is 12.3. The van der Waals surface area contributed by atoms with Crippen molar-refractivity contribution in [3.8, 4) is 5.75 Å². The Hall–Kier alpha value is -1.92. The first-order valence-electron chi connectivity index (χ1n) is 7.06. The molecular formula is C15H20N4O2. The summed E-state index contributed by atoms with van der Waals surface area (Å²) in [6.07, 6.45) is 2.11. The lowest BCUT2D eigenvalue weighted by atomic mass is 10.0. The molecule has 3 rings (SSSR count). The van der Waals surface area contributed by atoms with Crippen molar-refractivity contribution in [2.45, 2.75) is 25.1 Å². The first-order chi connectivity index (χ1) is 10.2. The van der Waals surface area contributed by atoms with Crippen molar-refractivity contribution in [2.24, 2.45) is 7.05 Å². The highest BCUT2D eigenvalue weighted by Gasteiger charge is 2.32. The molecule has 112 valence electrons. The molecular weight excluding hydrogens is 268 g/mol. The van der Waals surface area contributed by atoms with Gasteiger partial charge in [-0.25, -0.2) is 0 Å². The van der Waals surface area contributed by atoms with Gasteiger partial charge in [-0.3, -0.25) is 4.90 Å². The SMILES string of the molecule is COc1cccc([C@@H]2C[C@H](O)CN2Cc2nncn2C)c1. The lowest BCUT2D eigenvalue weighted by molar-refractivity contribution is 0.171. The van der Waals surface area contributed by atoms with Gasteiger partial charge in [-0.1, -0.05) is 12.1 Å². The van der Waals surface area contributed by atoms with Crippen LogP contribution in [0, 0.1) is 0 Å². The normalized spacial score (nSPS) is 22.6. The number of methoxy groups -OCH3 is 1. The Kier molecular flexibility index (Phi) is 3.90. The molecule has 1 aromatic carbocycles. The molecule has 0 amide bonds. The molecule has 0 saturated carbocycles. The highest BCUT2D eigenvalue weighted by atomic mass is 16.5. The number of likely N-dealkylation sites (tertiary alicyclic amines) is 1. The Bertz CT molecular complexity index is 613. The summed E-state index contributed by atoms with van der Waals surface area (Å²) in [4.78, 5) is 2.24. The van der Waals surface area contributed by atoms with Crippen LogP contribution in [-0.2, 0) is 13.6 Å². The van der Waals surface area contributed by atoms with Gasteiger partial charge in [-0.2, -0.15) is 0 Å². The van der Waals surface area contributed by atoms with Crippen LogP contribution in [0.25, 0.3) is 0 Å². The molecule has 6 heteroatoms. The van der Waals surface area contributed by atoms with Crippen molar-refractivity contribution in [3.05, 3.63) is 42.0 Å². The quantitative estimate of drug-likeness (QED) is 0.914. The summed E-state index contributed by atoms with van der Waals surface area (Å²) < 4.78 is 7.20. The Morgan fingerprint density at radius 2 is 2.29 bits per heavy atom. The predicted octanol–water partition coefficient (Wildman–Crippen LogP) is 1.13. The minimum absolute atomic E-state index is 0.173. The van der Waals surface area contributed by atoms with E-state index < -0.39 is 0 Å². The van der Waals surface area contributed by atoms with E-state index in [0.29, 0.717) is 13.1 Å². The number of β-amino-alcohol motifs (C(OH)–C–C–N with tert-alkyl or cyclic N) is 1. The average Bonchev–Trinajstić information content (AvgIpc) is 3.06. The van der Waals surface area contributed by atoms with E-state index in [0.717, 1.165) is 23.6 Å². The van der Waals surface area contributed by atoms with E-state index in [1.54, 1.807) is 13.4 Å². The third kappa shape index (κ3) is 2.91. The number of rotatable bonds is 4. The van der Waals surface area contributed by atoms with Gasteiger partial charge >= 0.3 is 0 Å². The first kappa shape index (κ1) is 14.0. The van der Waals surface area contributed by atoms with Crippen LogP contribution in [0.2, 0.25) is 0 Å². The van der Waals surface area contributed by atoms with Gasteiger partial charge in [0.2, 0.25) is 0 Å². The highest BCUT2D eigenvalue weighted by Crippen LogP contribution is 2.34. The van der Waals surface area contributed by atoms with Crippen LogP contribution in [0.3, 0.4) is 0 Å². The Labute approximate surface area is 124 Å². The molecule has 0 radical (unpaired) electrons. The fraction of sp³-hybridized carbons (Fsp3) is 0.467. The second-order valence-corrected chi connectivity index (χ2v) is 5.47. The molecule has 2 aromatic rings. The van der Waals surface area contributed by atoms with Gasteiger partial charge in [0.05, 0.1) is 19.8 Å². The molecule has 1 aromatic heterocycles. The standard InChI is InChI=1S/C15H20N4O2/c1-18-10-16-17-15(18)9-19-8-12(20)7-14(19)11-4-3-5-13(6-11)21-2/h3-6,10,12,14,20H,7-9H2,1-2H3/t12-,14-/m0/s1. The smallest absolute Gasteiger partial charge is 0.146 e. The molecule has 1 aliphatic heterocycles. The van der Waals surface area contributed by atoms with Crippen LogP contribution in [-0.4, -0.2) is 44.5 Å². The molecule has 0 spiro atoms. The molecule has 0 unspecified atom stereocenters. The van der Waals surface area contributed by atoms with Gasteiger partial charge < -0.3 is 14.4 Å². The summed E-state index contributed by atoms with van der Waals surface area (Å²) in [6, 6.07) is 8.20. The summed E-state index contributed by atoms with van der Waals surface area (Å²) in [5.74, 6) is 1.74. The van der Waals surface area contributed by atoms with Crippen LogP contribution < -0.4 is 4.74 Å². The molecule has 21 heavy (non-hydrogen) atoms. The van der Waals surface area contributed by atoms with E-state index in [1.165, 1.54) is 0 Å². The van der Waals surface area contributed by atoms with Gasteiger partial charge in [-0.15, -0.1) is 10.2 Å². The van der Waals surface area contributed by atoms with Crippen molar-refractivity contribution in [1.29, 1.82) is 0 Å². The number of hydrogen-bond acceptors (Lipinski definition) is 5. The summed E-state index contributed by atoms with van der Waals surface area (Å²) in [5, 5.41) is 18.1. The van der Waals surface area contributed by atoms with Gasteiger partial charge in [-0.05, 0) is 24.1 Å². The van der Waals surface area contributed by atoms with Gasteiger partial charge in [0.1, 0.15) is 17.9 Å². The Morgan fingerprint density at radius 1 is 1.43 bits per heavy atom. The van der Waals surface area contributed by atoms with Crippen molar-refractivity contribution in [3.63, 3.8) is 0 Å². The minimum Gasteiger partial charge on any atom is -0.497 e. The second kappa shape index (κ2) is 5.83. The number of benzene rings is 1. The van der Waals surface area contributed by atoms with Crippen molar-refractivity contribution in [2.75, 3.05) is 13.7 Å². The van der Waals surface area contributed by atoms with Gasteiger partial charge in [0.25, 0.3) is 0 Å². The Balaban J connectivity index is 1.83. The number of aryl methyl sites for hydroxylation is 1. The maximum atomic E-state index is 10.0. The summed E-state index contributed by atoms with van der Waals surface area (Å²) in [7, 11) is 3.60. The van der Waals surface area contributed by atoms with Crippen molar-refractivity contribution >= 4 is 0 Å². The lowest BCUT2D eigenvalue weighted by Crippen LogP contribution is -2.25. The molecule has 1 saturated heterocycles. The summed E-state index contributed by atoms with van der Waals surface area (Å²) in [6.45, 7) is 1.32. The zero-order valence-electron chi connectivity index (χ0n) is 12.3. The van der Waals surface area contributed by atoms with E-state index in [9.17, 15) is 5.11 Å². The average molecular weight is 288 g/mol. The highest BCUT2D eigenvalue weighted by molar-refractivity contribution is 5.31. The van der Waals surface area contributed by atoms with Crippen LogP contribution in [0.15, 0.2) is 30.6 Å². The van der Waals surface area contributed by atoms with E-state index >= 15 is 0 Å².